The van der Waals surface area contributed by atoms with Crippen molar-refractivity contribution in [1.29, 1.82) is 0 Å². The number of hydrogen-bond acceptors (Lipinski definition) is 3. The Kier molecular flexibility index (Phi) is 4.32. The van der Waals surface area contributed by atoms with Gasteiger partial charge in [0.2, 0.25) is 5.91 Å². The second kappa shape index (κ2) is 5.75. The second-order valence-corrected chi connectivity index (χ2v) is 3.34. The van der Waals surface area contributed by atoms with Crippen LogP contribution in [0.15, 0.2) is 30.3 Å². The molecule has 5 heteroatoms. The number of amides is 1. The third-order valence-electron chi connectivity index (χ3n) is 1.96. The van der Waals surface area contributed by atoms with Crippen molar-refractivity contribution < 1.29 is 14.7 Å². The van der Waals surface area contributed by atoms with Crippen molar-refractivity contribution in [1.82, 2.24) is 5.32 Å². The molecule has 0 aromatic heterocycles. The summed E-state index contributed by atoms with van der Waals surface area (Å²) in [6.07, 6.45) is 0. The summed E-state index contributed by atoms with van der Waals surface area (Å²) >= 11 is 0. The Bertz CT molecular complexity index is 365. The van der Waals surface area contributed by atoms with Crippen LogP contribution in [0.5, 0.6) is 0 Å². The largest absolute Gasteiger partial charge is 0.480 e. The molecule has 1 aromatic carbocycles. The summed E-state index contributed by atoms with van der Waals surface area (Å²) in [7, 11) is 0. The molecule has 0 aliphatic carbocycles. The molecule has 0 saturated carbocycles. The van der Waals surface area contributed by atoms with E-state index in [0.717, 1.165) is 5.69 Å². The van der Waals surface area contributed by atoms with Gasteiger partial charge in [-0.25, -0.2) is 0 Å². The zero-order valence-electron chi connectivity index (χ0n) is 8.93. The molecule has 0 unspecified atom stereocenters. The van der Waals surface area contributed by atoms with Gasteiger partial charge in [-0.15, -0.1) is 0 Å². The van der Waals surface area contributed by atoms with Gasteiger partial charge < -0.3 is 15.7 Å². The minimum absolute atomic E-state index is 0.341. The number of para-hydroxylation sites is 1. The molecular formula is C11H14N2O3. The van der Waals surface area contributed by atoms with Gasteiger partial charge in [-0.05, 0) is 19.1 Å². The van der Waals surface area contributed by atoms with Crippen molar-refractivity contribution >= 4 is 17.6 Å². The first-order chi connectivity index (χ1) is 7.59. The predicted octanol–water partition coefficient (Wildman–Crippen LogP) is 0.688. The molecule has 0 radical (unpaired) electrons. The summed E-state index contributed by atoms with van der Waals surface area (Å²) in [5, 5.41) is 13.7. The van der Waals surface area contributed by atoms with Crippen LogP contribution in [0.2, 0.25) is 0 Å². The molecule has 1 atom stereocenters. The minimum Gasteiger partial charge on any atom is -0.480 e. The van der Waals surface area contributed by atoms with Crippen molar-refractivity contribution in [3.63, 3.8) is 0 Å². The van der Waals surface area contributed by atoms with E-state index in [9.17, 15) is 9.59 Å². The normalized spacial score (nSPS) is 11.6. The lowest BCUT2D eigenvalue weighted by atomic mass is 10.2. The number of carbonyl (C=O) groups is 2. The van der Waals surface area contributed by atoms with E-state index in [1.54, 1.807) is 6.92 Å². The Morgan fingerprint density at radius 2 is 1.94 bits per heavy atom. The van der Waals surface area contributed by atoms with Crippen LogP contribution in [0.1, 0.15) is 6.92 Å². The third kappa shape index (κ3) is 4.00. The van der Waals surface area contributed by atoms with Crippen LogP contribution in [0.4, 0.5) is 5.69 Å². The third-order valence-corrected chi connectivity index (χ3v) is 1.96. The maximum absolute atomic E-state index is 11.4. The van der Waals surface area contributed by atoms with Crippen LogP contribution in [0.3, 0.4) is 0 Å². The van der Waals surface area contributed by atoms with E-state index in [4.69, 9.17) is 5.11 Å². The number of aliphatic carboxylic acids is 1. The maximum Gasteiger partial charge on any atom is 0.322 e. The first kappa shape index (κ1) is 12.0. The smallest absolute Gasteiger partial charge is 0.322 e. The minimum atomic E-state index is -1.06. The molecule has 0 fully saturated rings. The molecule has 1 aromatic rings. The van der Waals surface area contributed by atoms with E-state index >= 15 is 0 Å². The molecule has 1 rings (SSSR count). The summed E-state index contributed by atoms with van der Waals surface area (Å²) in [6, 6.07) is 8.78. The van der Waals surface area contributed by atoms with Crippen molar-refractivity contribution in [2.45, 2.75) is 13.0 Å². The van der Waals surface area contributed by atoms with Crippen LogP contribution >= 0.6 is 0 Å². The SMILES string of the molecule is C[C@H](Nc1ccccc1)C(=O)NCC(=O)O. The second-order valence-electron chi connectivity index (χ2n) is 3.34. The van der Waals surface area contributed by atoms with Gasteiger partial charge in [0, 0.05) is 5.69 Å². The number of nitrogens with one attached hydrogen (secondary N) is 2. The summed E-state index contributed by atoms with van der Waals surface area (Å²) < 4.78 is 0. The molecule has 0 aliphatic rings. The van der Waals surface area contributed by atoms with Crippen LogP contribution in [-0.4, -0.2) is 29.6 Å². The van der Waals surface area contributed by atoms with Gasteiger partial charge >= 0.3 is 5.97 Å². The van der Waals surface area contributed by atoms with Gasteiger partial charge in [-0.3, -0.25) is 9.59 Å². The van der Waals surface area contributed by atoms with Crippen LogP contribution < -0.4 is 10.6 Å². The lowest BCUT2D eigenvalue weighted by Gasteiger charge is -2.14. The van der Waals surface area contributed by atoms with Gasteiger partial charge in [0.1, 0.15) is 12.6 Å². The molecule has 0 aliphatic heterocycles. The molecule has 1 amide bonds. The fourth-order valence-corrected chi connectivity index (χ4v) is 1.17. The lowest BCUT2D eigenvalue weighted by molar-refractivity contribution is -0.138. The highest BCUT2D eigenvalue weighted by Gasteiger charge is 2.12. The molecule has 86 valence electrons. The fraction of sp³-hybridized carbons (Fsp3) is 0.273. The van der Waals surface area contributed by atoms with Gasteiger partial charge in [-0.2, -0.15) is 0 Å². The summed E-state index contributed by atoms with van der Waals surface area (Å²) in [6.45, 7) is 1.31. The Labute approximate surface area is 93.5 Å². The van der Waals surface area contributed by atoms with E-state index in [-0.39, 0.29) is 12.5 Å². The molecule has 0 bridgehead atoms. The van der Waals surface area contributed by atoms with Crippen molar-refractivity contribution in [3.05, 3.63) is 30.3 Å². The number of carboxylic acids is 1. The first-order valence-electron chi connectivity index (χ1n) is 4.90. The van der Waals surface area contributed by atoms with E-state index < -0.39 is 12.0 Å². The van der Waals surface area contributed by atoms with Crippen LogP contribution in [0, 0.1) is 0 Å². The van der Waals surface area contributed by atoms with E-state index in [2.05, 4.69) is 10.6 Å². The molecule has 16 heavy (non-hydrogen) atoms. The van der Waals surface area contributed by atoms with Gasteiger partial charge in [0.25, 0.3) is 0 Å². The Morgan fingerprint density at radius 3 is 2.50 bits per heavy atom. The monoisotopic (exact) mass is 222 g/mol. The van der Waals surface area contributed by atoms with E-state index in [1.807, 2.05) is 30.3 Å². The number of anilines is 1. The number of benzene rings is 1. The topological polar surface area (TPSA) is 78.4 Å². The van der Waals surface area contributed by atoms with E-state index in [1.165, 1.54) is 0 Å². The maximum atomic E-state index is 11.4. The summed E-state index contributed by atoms with van der Waals surface area (Å²) in [5.41, 5.74) is 0.820. The highest BCUT2D eigenvalue weighted by molar-refractivity contribution is 5.86. The molecule has 0 spiro atoms. The van der Waals surface area contributed by atoms with Gasteiger partial charge in [0.15, 0.2) is 0 Å². The molecule has 3 N–H and O–H groups in total. The average molecular weight is 222 g/mol. The highest BCUT2D eigenvalue weighted by Crippen LogP contribution is 2.06. The van der Waals surface area contributed by atoms with Crippen molar-refractivity contribution in [2.75, 3.05) is 11.9 Å². The number of rotatable bonds is 5. The Balaban J connectivity index is 2.43. The standard InChI is InChI=1S/C11H14N2O3/c1-8(11(16)12-7-10(14)15)13-9-5-3-2-4-6-9/h2-6,8,13H,7H2,1H3,(H,12,16)(H,14,15)/t8-/m0/s1. The zero-order valence-corrected chi connectivity index (χ0v) is 8.93. The van der Waals surface area contributed by atoms with Crippen molar-refractivity contribution in [2.24, 2.45) is 0 Å². The molecular weight excluding hydrogens is 208 g/mol. The van der Waals surface area contributed by atoms with Crippen molar-refractivity contribution in [3.8, 4) is 0 Å². The summed E-state index contributed by atoms with van der Waals surface area (Å²) in [5.74, 6) is -1.40. The Hall–Kier alpha value is -2.04. The number of carboxylic acid groups (broad SMARTS) is 1. The molecule has 5 nitrogen and oxygen atoms in total. The predicted molar refractivity (Wildman–Crippen MR) is 60.2 cm³/mol. The highest BCUT2D eigenvalue weighted by atomic mass is 16.4. The summed E-state index contributed by atoms with van der Waals surface area (Å²) in [4.78, 5) is 21.7. The van der Waals surface area contributed by atoms with Gasteiger partial charge in [-0.1, -0.05) is 18.2 Å². The van der Waals surface area contributed by atoms with Gasteiger partial charge in [0.05, 0.1) is 0 Å². The number of hydrogen-bond donors (Lipinski definition) is 3. The number of carbonyl (C=O) groups excluding carboxylic acids is 1. The molecule has 0 saturated heterocycles. The van der Waals surface area contributed by atoms with E-state index in [0.29, 0.717) is 0 Å². The lowest BCUT2D eigenvalue weighted by Crippen LogP contribution is -2.39. The Morgan fingerprint density at radius 1 is 1.31 bits per heavy atom. The fourth-order valence-electron chi connectivity index (χ4n) is 1.17. The molecule has 0 heterocycles. The first-order valence-corrected chi connectivity index (χ1v) is 4.90. The van der Waals surface area contributed by atoms with Crippen LogP contribution in [-0.2, 0) is 9.59 Å². The average Bonchev–Trinajstić information content (AvgIpc) is 2.27. The quantitative estimate of drug-likeness (QED) is 0.684. The van der Waals surface area contributed by atoms with Crippen LogP contribution in [0.25, 0.3) is 0 Å². The zero-order chi connectivity index (χ0) is 12.0.